The zero-order valence-electron chi connectivity index (χ0n) is 9.75. The Morgan fingerprint density at radius 2 is 2.13 bits per heavy atom. The Morgan fingerprint density at radius 1 is 1.47 bits per heavy atom. The lowest BCUT2D eigenvalue weighted by molar-refractivity contribution is 0.0503. The molecule has 0 bridgehead atoms. The molecule has 0 saturated heterocycles. The molecule has 0 aromatic rings. The molecule has 1 aliphatic carbocycles. The second-order valence-corrected chi connectivity index (χ2v) is 5.20. The van der Waals surface area contributed by atoms with Gasteiger partial charge in [-0.2, -0.15) is 0 Å². The zero-order valence-corrected chi connectivity index (χ0v) is 9.75. The van der Waals surface area contributed by atoms with E-state index in [9.17, 15) is 4.79 Å². The Labute approximate surface area is 91.0 Å². The Hall–Kier alpha value is -0.770. The van der Waals surface area contributed by atoms with E-state index in [1.54, 1.807) is 0 Å². The van der Waals surface area contributed by atoms with E-state index >= 15 is 0 Å². The van der Waals surface area contributed by atoms with Crippen molar-refractivity contribution in [2.75, 3.05) is 6.61 Å². The van der Waals surface area contributed by atoms with E-state index in [2.05, 4.69) is 5.32 Å². The molecular formula is C11H21NO3. The molecule has 4 heteroatoms. The van der Waals surface area contributed by atoms with Gasteiger partial charge in [-0.3, -0.25) is 0 Å². The minimum atomic E-state index is -0.445. The summed E-state index contributed by atoms with van der Waals surface area (Å²) in [5.74, 6) is 0.338. The third kappa shape index (κ3) is 4.51. The van der Waals surface area contributed by atoms with Crippen molar-refractivity contribution in [3.8, 4) is 0 Å². The standard InChI is InChI=1S/C11H21NO3/c1-11(2,3)15-10(14)12-9-5-4-8(6-9)7-13/h8-9,13H,4-7H2,1-3H3,(H,12,14)/t8-,9-/m1/s1. The number of hydrogen-bond donors (Lipinski definition) is 2. The van der Waals surface area contributed by atoms with Crippen LogP contribution in [0.15, 0.2) is 0 Å². The highest BCUT2D eigenvalue weighted by atomic mass is 16.6. The van der Waals surface area contributed by atoms with Crippen LogP contribution < -0.4 is 5.32 Å². The van der Waals surface area contributed by atoms with Crippen molar-refractivity contribution >= 4 is 6.09 Å². The van der Waals surface area contributed by atoms with Crippen LogP contribution in [0.1, 0.15) is 40.0 Å². The second kappa shape index (κ2) is 4.84. The van der Waals surface area contributed by atoms with E-state index in [0.717, 1.165) is 19.3 Å². The molecule has 1 aliphatic rings. The van der Waals surface area contributed by atoms with Crippen molar-refractivity contribution in [2.24, 2.45) is 5.92 Å². The fourth-order valence-corrected chi connectivity index (χ4v) is 1.85. The van der Waals surface area contributed by atoms with Gasteiger partial charge in [0.05, 0.1) is 0 Å². The van der Waals surface area contributed by atoms with E-state index in [0.29, 0.717) is 5.92 Å². The monoisotopic (exact) mass is 215 g/mol. The minimum absolute atomic E-state index is 0.164. The number of carbonyl (C=O) groups excluding carboxylic acids is 1. The first-order chi connectivity index (χ1) is 6.90. The molecule has 0 aromatic heterocycles. The first kappa shape index (κ1) is 12.3. The fourth-order valence-electron chi connectivity index (χ4n) is 1.85. The summed E-state index contributed by atoms with van der Waals surface area (Å²) in [6, 6.07) is 0.164. The summed E-state index contributed by atoms with van der Waals surface area (Å²) in [7, 11) is 0. The summed E-state index contributed by atoms with van der Waals surface area (Å²) in [5, 5.41) is 11.8. The van der Waals surface area contributed by atoms with Crippen LogP contribution in [0.2, 0.25) is 0 Å². The van der Waals surface area contributed by atoms with Gasteiger partial charge in [0.2, 0.25) is 0 Å². The summed E-state index contributed by atoms with van der Waals surface area (Å²) < 4.78 is 5.16. The number of nitrogens with one attached hydrogen (secondary N) is 1. The van der Waals surface area contributed by atoms with Gasteiger partial charge in [0, 0.05) is 12.6 Å². The Balaban J connectivity index is 2.28. The molecule has 0 radical (unpaired) electrons. The van der Waals surface area contributed by atoms with Crippen LogP contribution in [0.5, 0.6) is 0 Å². The van der Waals surface area contributed by atoms with Gasteiger partial charge < -0.3 is 15.2 Å². The van der Waals surface area contributed by atoms with Gasteiger partial charge >= 0.3 is 6.09 Å². The summed E-state index contributed by atoms with van der Waals surface area (Å²) in [5.41, 5.74) is -0.445. The molecule has 0 aliphatic heterocycles. The van der Waals surface area contributed by atoms with Gasteiger partial charge in [0.1, 0.15) is 5.60 Å². The Morgan fingerprint density at radius 3 is 2.60 bits per heavy atom. The maximum Gasteiger partial charge on any atom is 0.407 e. The molecule has 88 valence electrons. The summed E-state index contributed by atoms with van der Waals surface area (Å²) >= 11 is 0. The molecule has 1 rings (SSSR count). The molecule has 0 aromatic carbocycles. The molecular weight excluding hydrogens is 194 g/mol. The number of amides is 1. The molecule has 2 N–H and O–H groups in total. The number of alkyl carbamates (subject to hydrolysis) is 1. The molecule has 2 atom stereocenters. The molecule has 1 amide bonds. The maximum atomic E-state index is 11.4. The van der Waals surface area contributed by atoms with E-state index < -0.39 is 5.60 Å². The van der Waals surface area contributed by atoms with Crippen molar-refractivity contribution in [3.05, 3.63) is 0 Å². The Bertz CT molecular complexity index is 222. The third-order valence-corrected chi connectivity index (χ3v) is 2.52. The molecule has 0 unspecified atom stereocenters. The largest absolute Gasteiger partial charge is 0.444 e. The Kier molecular flexibility index (Phi) is 3.97. The maximum absolute atomic E-state index is 11.4. The number of aliphatic hydroxyl groups excluding tert-OH is 1. The van der Waals surface area contributed by atoms with E-state index in [1.165, 1.54) is 0 Å². The topological polar surface area (TPSA) is 58.6 Å². The van der Waals surface area contributed by atoms with Gasteiger partial charge in [-0.25, -0.2) is 4.79 Å². The van der Waals surface area contributed by atoms with Crippen LogP contribution in [0.4, 0.5) is 4.79 Å². The van der Waals surface area contributed by atoms with Gasteiger partial charge in [-0.05, 0) is 46.0 Å². The lowest BCUT2D eigenvalue weighted by atomic mass is 10.1. The normalized spacial score (nSPS) is 26.4. The van der Waals surface area contributed by atoms with E-state index in [-0.39, 0.29) is 18.7 Å². The molecule has 1 fully saturated rings. The SMILES string of the molecule is CC(C)(C)OC(=O)N[C@@H]1CC[C@@H](CO)C1. The third-order valence-electron chi connectivity index (χ3n) is 2.52. The fraction of sp³-hybridized carbons (Fsp3) is 0.909. The second-order valence-electron chi connectivity index (χ2n) is 5.20. The smallest absolute Gasteiger partial charge is 0.407 e. The van der Waals surface area contributed by atoms with Crippen LogP contribution in [-0.4, -0.2) is 29.4 Å². The lowest BCUT2D eigenvalue weighted by Gasteiger charge is -2.21. The summed E-state index contributed by atoms with van der Waals surface area (Å²) in [6.45, 7) is 5.75. The highest BCUT2D eigenvalue weighted by Gasteiger charge is 2.26. The van der Waals surface area contributed by atoms with Crippen molar-refractivity contribution in [2.45, 2.75) is 51.7 Å². The number of aliphatic hydroxyl groups is 1. The van der Waals surface area contributed by atoms with E-state index in [4.69, 9.17) is 9.84 Å². The average Bonchev–Trinajstić information content (AvgIpc) is 2.48. The van der Waals surface area contributed by atoms with Crippen LogP contribution in [0.3, 0.4) is 0 Å². The lowest BCUT2D eigenvalue weighted by Crippen LogP contribution is -2.38. The van der Waals surface area contributed by atoms with Crippen molar-refractivity contribution in [1.29, 1.82) is 0 Å². The number of ether oxygens (including phenoxy) is 1. The highest BCUT2D eigenvalue weighted by molar-refractivity contribution is 5.68. The molecule has 4 nitrogen and oxygen atoms in total. The van der Waals surface area contributed by atoms with Gasteiger partial charge in [-0.15, -0.1) is 0 Å². The number of rotatable bonds is 2. The average molecular weight is 215 g/mol. The predicted octanol–water partition coefficient (Wildman–Crippen LogP) is 1.67. The predicted molar refractivity (Wildman–Crippen MR) is 57.6 cm³/mol. The quantitative estimate of drug-likeness (QED) is 0.736. The van der Waals surface area contributed by atoms with Gasteiger partial charge in [0.25, 0.3) is 0 Å². The molecule has 1 saturated carbocycles. The number of hydrogen-bond acceptors (Lipinski definition) is 3. The first-order valence-corrected chi connectivity index (χ1v) is 5.51. The molecule has 15 heavy (non-hydrogen) atoms. The van der Waals surface area contributed by atoms with Crippen LogP contribution in [0.25, 0.3) is 0 Å². The zero-order chi connectivity index (χ0) is 11.5. The van der Waals surface area contributed by atoms with Crippen LogP contribution in [-0.2, 0) is 4.74 Å². The van der Waals surface area contributed by atoms with E-state index in [1.807, 2.05) is 20.8 Å². The first-order valence-electron chi connectivity index (χ1n) is 5.51. The summed E-state index contributed by atoms with van der Waals surface area (Å²) in [6.07, 6.45) is 2.42. The van der Waals surface area contributed by atoms with Crippen LogP contribution in [0, 0.1) is 5.92 Å². The van der Waals surface area contributed by atoms with Gasteiger partial charge in [-0.1, -0.05) is 0 Å². The van der Waals surface area contributed by atoms with Crippen molar-refractivity contribution in [3.63, 3.8) is 0 Å². The number of carbonyl (C=O) groups is 1. The molecule has 0 heterocycles. The van der Waals surface area contributed by atoms with Gasteiger partial charge in [0.15, 0.2) is 0 Å². The van der Waals surface area contributed by atoms with Crippen molar-refractivity contribution < 1.29 is 14.6 Å². The minimum Gasteiger partial charge on any atom is -0.444 e. The van der Waals surface area contributed by atoms with Crippen molar-refractivity contribution in [1.82, 2.24) is 5.32 Å². The van der Waals surface area contributed by atoms with Crippen LogP contribution >= 0.6 is 0 Å². The highest BCUT2D eigenvalue weighted by Crippen LogP contribution is 2.25. The summed E-state index contributed by atoms with van der Waals surface area (Å²) in [4.78, 5) is 11.4. The molecule has 0 spiro atoms.